The highest BCUT2D eigenvalue weighted by molar-refractivity contribution is 5.76. The van der Waals surface area contributed by atoms with Gasteiger partial charge in [0.2, 0.25) is 5.91 Å². The molecule has 0 unspecified atom stereocenters. The second-order valence-corrected chi connectivity index (χ2v) is 2.85. The van der Waals surface area contributed by atoms with Crippen LogP contribution in [0.3, 0.4) is 0 Å². The molecule has 0 heterocycles. The van der Waals surface area contributed by atoms with Crippen LogP contribution in [-0.2, 0) is 4.79 Å². The van der Waals surface area contributed by atoms with Crippen molar-refractivity contribution < 1.29 is 9.18 Å². The van der Waals surface area contributed by atoms with E-state index < -0.39 is 5.91 Å². The molecule has 1 rings (SSSR count). The van der Waals surface area contributed by atoms with Gasteiger partial charge in [0.15, 0.2) is 0 Å². The van der Waals surface area contributed by atoms with Crippen LogP contribution in [0.5, 0.6) is 0 Å². The number of primary amides is 1. The minimum atomic E-state index is -0.453. The van der Waals surface area contributed by atoms with Gasteiger partial charge in [0.1, 0.15) is 5.82 Å². The Morgan fingerprint density at radius 2 is 2.21 bits per heavy atom. The Morgan fingerprint density at radius 3 is 2.86 bits per heavy atom. The smallest absolute Gasteiger partial charge is 0.221 e. The first-order valence-corrected chi connectivity index (χ1v) is 4.09. The van der Waals surface area contributed by atoms with Gasteiger partial charge in [-0.25, -0.2) is 4.39 Å². The molecule has 0 aliphatic heterocycles. The molecule has 0 radical (unpaired) electrons. The number of benzene rings is 1. The molecule has 14 heavy (non-hydrogen) atoms. The summed E-state index contributed by atoms with van der Waals surface area (Å²) in [6, 6.07) is 4.24. The first kappa shape index (κ1) is 10.2. The maximum atomic E-state index is 13.1. The Labute approximate surface area is 81.2 Å². The zero-order valence-corrected chi connectivity index (χ0v) is 7.53. The van der Waals surface area contributed by atoms with Gasteiger partial charge in [-0.05, 0) is 18.2 Å². The number of carbonyl (C=O) groups is 1. The number of carbonyl (C=O) groups excluding carboxylic acids is 1. The molecule has 0 saturated heterocycles. The van der Waals surface area contributed by atoms with Crippen LogP contribution in [0.1, 0.15) is 12.0 Å². The van der Waals surface area contributed by atoms with Gasteiger partial charge in [-0.1, -0.05) is 12.2 Å². The van der Waals surface area contributed by atoms with Crippen LogP contribution >= 0.6 is 0 Å². The Hall–Kier alpha value is -1.84. The Bertz CT molecular complexity index is 374. The predicted octanol–water partition coefficient (Wildman–Crippen LogP) is 1.30. The van der Waals surface area contributed by atoms with Crippen molar-refractivity contribution >= 4 is 17.7 Å². The second-order valence-electron chi connectivity index (χ2n) is 2.85. The van der Waals surface area contributed by atoms with E-state index in [1.165, 1.54) is 30.4 Å². The van der Waals surface area contributed by atoms with Gasteiger partial charge in [0.25, 0.3) is 0 Å². The van der Waals surface area contributed by atoms with Crippen molar-refractivity contribution in [3.8, 4) is 0 Å². The summed E-state index contributed by atoms with van der Waals surface area (Å²) in [6.45, 7) is 0. The maximum Gasteiger partial charge on any atom is 0.221 e. The largest absolute Gasteiger partial charge is 0.399 e. The van der Waals surface area contributed by atoms with Crippen LogP contribution in [0.2, 0.25) is 0 Å². The van der Waals surface area contributed by atoms with Crippen molar-refractivity contribution in [1.82, 2.24) is 0 Å². The molecule has 0 bridgehead atoms. The van der Waals surface area contributed by atoms with Gasteiger partial charge in [-0.3, -0.25) is 4.79 Å². The molecule has 0 saturated carbocycles. The quantitative estimate of drug-likeness (QED) is 0.712. The zero-order chi connectivity index (χ0) is 10.6. The number of rotatable bonds is 3. The predicted molar refractivity (Wildman–Crippen MR) is 53.7 cm³/mol. The molecule has 4 heteroatoms. The van der Waals surface area contributed by atoms with Crippen molar-refractivity contribution in [2.45, 2.75) is 6.42 Å². The Kier molecular flexibility index (Phi) is 3.23. The molecule has 0 atom stereocenters. The Balaban J connectivity index is 2.80. The van der Waals surface area contributed by atoms with E-state index in [9.17, 15) is 9.18 Å². The fraction of sp³-hybridized carbons (Fsp3) is 0.100. The standard InChI is InChI=1S/C10H11FN2O/c11-9-5-4-8(12)6-7(9)2-1-3-10(13)14/h1-2,4-6H,3,12H2,(H2,13,14). The van der Waals surface area contributed by atoms with Crippen LogP contribution in [0.25, 0.3) is 6.08 Å². The van der Waals surface area contributed by atoms with Crippen molar-refractivity contribution in [2.75, 3.05) is 5.73 Å². The van der Waals surface area contributed by atoms with Crippen LogP contribution in [0.15, 0.2) is 24.3 Å². The summed E-state index contributed by atoms with van der Waals surface area (Å²) in [5.41, 5.74) is 11.2. The average Bonchev–Trinajstić information content (AvgIpc) is 2.10. The van der Waals surface area contributed by atoms with Gasteiger partial charge in [-0.15, -0.1) is 0 Å². The summed E-state index contributed by atoms with van der Waals surface area (Å²) >= 11 is 0. The minimum Gasteiger partial charge on any atom is -0.399 e. The number of amides is 1. The number of hydrogen-bond donors (Lipinski definition) is 2. The SMILES string of the molecule is NC(=O)CC=Cc1cc(N)ccc1F. The molecule has 0 spiro atoms. The molecule has 0 aromatic heterocycles. The average molecular weight is 194 g/mol. The number of anilines is 1. The van der Waals surface area contributed by atoms with Gasteiger partial charge in [0.05, 0.1) is 0 Å². The lowest BCUT2D eigenvalue weighted by molar-refractivity contribution is -0.117. The number of nitrogen functional groups attached to an aromatic ring is 1. The fourth-order valence-electron chi connectivity index (χ4n) is 0.992. The summed E-state index contributed by atoms with van der Waals surface area (Å²) in [4.78, 5) is 10.4. The third-order valence-electron chi connectivity index (χ3n) is 1.64. The highest BCUT2D eigenvalue weighted by Crippen LogP contribution is 2.13. The van der Waals surface area contributed by atoms with Crippen molar-refractivity contribution in [3.05, 3.63) is 35.7 Å². The van der Waals surface area contributed by atoms with E-state index in [0.29, 0.717) is 11.3 Å². The molecule has 1 aromatic carbocycles. The summed E-state index contributed by atoms with van der Waals surface area (Å²) in [7, 11) is 0. The highest BCUT2D eigenvalue weighted by Gasteiger charge is 1.98. The van der Waals surface area contributed by atoms with Crippen molar-refractivity contribution in [1.29, 1.82) is 0 Å². The monoisotopic (exact) mass is 194 g/mol. The van der Waals surface area contributed by atoms with Gasteiger partial charge >= 0.3 is 0 Å². The third-order valence-corrected chi connectivity index (χ3v) is 1.64. The number of nitrogens with two attached hydrogens (primary N) is 2. The number of halogens is 1. The van der Waals surface area contributed by atoms with E-state index in [1.807, 2.05) is 0 Å². The highest BCUT2D eigenvalue weighted by atomic mass is 19.1. The topological polar surface area (TPSA) is 69.1 Å². The molecular formula is C10H11FN2O. The third kappa shape index (κ3) is 2.90. The molecule has 0 aliphatic carbocycles. The van der Waals surface area contributed by atoms with E-state index >= 15 is 0 Å². The summed E-state index contributed by atoms with van der Waals surface area (Å²) < 4.78 is 13.1. The molecule has 1 aromatic rings. The summed E-state index contributed by atoms with van der Waals surface area (Å²) in [5.74, 6) is -0.828. The van der Waals surface area contributed by atoms with E-state index in [-0.39, 0.29) is 12.2 Å². The molecule has 1 amide bonds. The molecule has 74 valence electrons. The summed E-state index contributed by atoms with van der Waals surface area (Å²) in [5, 5.41) is 0. The molecule has 4 N–H and O–H groups in total. The first-order chi connectivity index (χ1) is 6.59. The fourth-order valence-corrected chi connectivity index (χ4v) is 0.992. The minimum absolute atomic E-state index is 0.0915. The van der Waals surface area contributed by atoms with Crippen molar-refractivity contribution in [3.63, 3.8) is 0 Å². The van der Waals surface area contributed by atoms with E-state index in [4.69, 9.17) is 11.5 Å². The van der Waals surface area contributed by atoms with Crippen LogP contribution < -0.4 is 11.5 Å². The maximum absolute atomic E-state index is 13.1. The van der Waals surface area contributed by atoms with Crippen LogP contribution in [0.4, 0.5) is 10.1 Å². The lowest BCUT2D eigenvalue weighted by atomic mass is 10.1. The zero-order valence-electron chi connectivity index (χ0n) is 7.53. The van der Waals surface area contributed by atoms with Crippen LogP contribution in [0, 0.1) is 5.82 Å². The first-order valence-electron chi connectivity index (χ1n) is 4.09. The lowest BCUT2D eigenvalue weighted by Gasteiger charge is -1.98. The second kappa shape index (κ2) is 4.41. The van der Waals surface area contributed by atoms with Gasteiger partial charge < -0.3 is 11.5 Å². The van der Waals surface area contributed by atoms with Crippen LogP contribution in [-0.4, -0.2) is 5.91 Å². The van der Waals surface area contributed by atoms with Crippen molar-refractivity contribution in [2.24, 2.45) is 5.73 Å². The van der Waals surface area contributed by atoms with Gasteiger partial charge in [-0.2, -0.15) is 0 Å². The number of hydrogen-bond acceptors (Lipinski definition) is 2. The lowest BCUT2D eigenvalue weighted by Crippen LogP contribution is -2.07. The van der Waals surface area contributed by atoms with E-state index in [0.717, 1.165) is 0 Å². The Morgan fingerprint density at radius 1 is 1.50 bits per heavy atom. The van der Waals surface area contributed by atoms with E-state index in [2.05, 4.69) is 0 Å². The molecule has 0 fully saturated rings. The van der Waals surface area contributed by atoms with Gasteiger partial charge in [0, 0.05) is 17.7 Å². The molecule has 3 nitrogen and oxygen atoms in total. The normalized spacial score (nSPS) is 10.6. The molecular weight excluding hydrogens is 183 g/mol. The van der Waals surface area contributed by atoms with E-state index in [1.54, 1.807) is 0 Å². The summed E-state index contributed by atoms with van der Waals surface area (Å²) in [6.07, 6.45) is 3.07. The molecule has 0 aliphatic rings.